The maximum atomic E-state index is 11.5. The predicted octanol–water partition coefficient (Wildman–Crippen LogP) is 1.90. The van der Waals surface area contributed by atoms with Crippen molar-refractivity contribution in [1.82, 2.24) is 9.80 Å². The number of amides is 2. The summed E-state index contributed by atoms with van der Waals surface area (Å²) in [6.45, 7) is 15.2. The number of rotatable bonds is 9. The summed E-state index contributed by atoms with van der Waals surface area (Å²) in [7, 11) is 0. The van der Waals surface area contributed by atoms with E-state index in [0.29, 0.717) is 19.6 Å². The monoisotopic (exact) mass is 260 g/mol. The quantitative estimate of drug-likeness (QED) is 0.469. The fourth-order valence-corrected chi connectivity index (χ4v) is 1.32. The maximum Gasteiger partial charge on any atom is 0.250 e. The van der Waals surface area contributed by atoms with Crippen LogP contribution in [0.1, 0.15) is 0 Å². The van der Waals surface area contributed by atoms with Crippen LogP contribution in [0, 0.1) is 0 Å². The van der Waals surface area contributed by atoms with Gasteiger partial charge in [0, 0.05) is 25.8 Å². The SMILES string of the molecule is C=CCN(/C=C/CN(CC=C)C(=O)C=C)C(=O)C=C. The zero-order valence-electron chi connectivity index (χ0n) is 11.1. The van der Waals surface area contributed by atoms with E-state index in [1.165, 1.54) is 17.1 Å². The van der Waals surface area contributed by atoms with Crippen LogP contribution in [-0.4, -0.2) is 41.2 Å². The molecule has 0 aliphatic carbocycles. The summed E-state index contributed by atoms with van der Waals surface area (Å²) in [5.41, 5.74) is 0. The second-order valence-corrected chi connectivity index (χ2v) is 3.60. The van der Waals surface area contributed by atoms with Gasteiger partial charge in [-0.3, -0.25) is 9.59 Å². The van der Waals surface area contributed by atoms with Gasteiger partial charge in [0.1, 0.15) is 0 Å². The number of hydrogen-bond acceptors (Lipinski definition) is 2. The van der Waals surface area contributed by atoms with E-state index in [-0.39, 0.29) is 11.8 Å². The van der Waals surface area contributed by atoms with Crippen molar-refractivity contribution in [2.24, 2.45) is 0 Å². The number of hydrogen-bond donors (Lipinski definition) is 0. The van der Waals surface area contributed by atoms with Crippen LogP contribution in [0.15, 0.2) is 62.9 Å². The third-order valence-corrected chi connectivity index (χ3v) is 2.23. The Bertz CT molecular complexity index is 397. The zero-order chi connectivity index (χ0) is 14.7. The van der Waals surface area contributed by atoms with E-state index in [2.05, 4.69) is 26.3 Å². The highest BCUT2D eigenvalue weighted by Crippen LogP contribution is 1.97. The molecule has 0 aromatic rings. The third kappa shape index (κ3) is 6.21. The van der Waals surface area contributed by atoms with Crippen LogP contribution in [0.4, 0.5) is 0 Å². The lowest BCUT2D eigenvalue weighted by atomic mass is 10.4. The standard InChI is InChI=1S/C15H20N2O2/c1-5-10-16(14(18)7-3)12-9-13-17(11-6-2)15(19)8-4/h5-9,12H,1-4,10-11,13H2/b12-9+. The Morgan fingerprint density at radius 1 is 0.842 bits per heavy atom. The van der Waals surface area contributed by atoms with Crippen molar-refractivity contribution < 1.29 is 9.59 Å². The van der Waals surface area contributed by atoms with Crippen molar-refractivity contribution in [2.45, 2.75) is 0 Å². The van der Waals surface area contributed by atoms with Crippen LogP contribution in [0.25, 0.3) is 0 Å². The summed E-state index contributed by atoms with van der Waals surface area (Å²) >= 11 is 0. The van der Waals surface area contributed by atoms with Gasteiger partial charge < -0.3 is 9.80 Å². The maximum absolute atomic E-state index is 11.5. The van der Waals surface area contributed by atoms with Crippen LogP contribution in [-0.2, 0) is 9.59 Å². The lowest BCUT2D eigenvalue weighted by molar-refractivity contribution is -0.125. The average Bonchev–Trinajstić information content (AvgIpc) is 2.43. The van der Waals surface area contributed by atoms with Gasteiger partial charge in [-0.2, -0.15) is 0 Å². The molecule has 0 fully saturated rings. The summed E-state index contributed by atoms with van der Waals surface area (Å²) in [4.78, 5) is 26.0. The van der Waals surface area contributed by atoms with Crippen molar-refractivity contribution in [2.75, 3.05) is 19.6 Å². The second-order valence-electron chi connectivity index (χ2n) is 3.60. The molecule has 0 aromatic carbocycles. The van der Waals surface area contributed by atoms with E-state index in [1.54, 1.807) is 29.3 Å². The Morgan fingerprint density at radius 2 is 1.42 bits per heavy atom. The number of carbonyl (C=O) groups is 2. The average molecular weight is 260 g/mol. The molecular weight excluding hydrogens is 240 g/mol. The van der Waals surface area contributed by atoms with Gasteiger partial charge in [-0.15, -0.1) is 13.2 Å². The fourth-order valence-electron chi connectivity index (χ4n) is 1.32. The van der Waals surface area contributed by atoms with Gasteiger partial charge in [0.2, 0.25) is 11.8 Å². The molecule has 0 bridgehead atoms. The molecule has 0 N–H and O–H groups in total. The highest BCUT2D eigenvalue weighted by Gasteiger charge is 2.07. The molecule has 0 saturated carbocycles. The van der Waals surface area contributed by atoms with Crippen molar-refractivity contribution in [3.8, 4) is 0 Å². The first-order valence-corrected chi connectivity index (χ1v) is 5.83. The van der Waals surface area contributed by atoms with E-state index < -0.39 is 0 Å². The molecular formula is C15H20N2O2. The van der Waals surface area contributed by atoms with Crippen molar-refractivity contribution in [3.05, 3.63) is 62.9 Å². The molecule has 2 amide bonds. The second kappa shape index (κ2) is 9.65. The van der Waals surface area contributed by atoms with Gasteiger partial charge in [-0.1, -0.05) is 25.3 Å². The van der Waals surface area contributed by atoms with Crippen LogP contribution in [0.3, 0.4) is 0 Å². The van der Waals surface area contributed by atoms with Gasteiger partial charge >= 0.3 is 0 Å². The lowest BCUT2D eigenvalue weighted by Crippen LogP contribution is -2.30. The number of nitrogens with zero attached hydrogens (tertiary/aromatic N) is 2. The number of carbonyl (C=O) groups excluding carboxylic acids is 2. The Morgan fingerprint density at radius 3 is 1.89 bits per heavy atom. The summed E-state index contributed by atoms with van der Waals surface area (Å²) in [6, 6.07) is 0. The van der Waals surface area contributed by atoms with E-state index in [1.807, 2.05) is 0 Å². The molecule has 0 aromatic heterocycles. The lowest BCUT2D eigenvalue weighted by Gasteiger charge is -2.18. The van der Waals surface area contributed by atoms with E-state index in [9.17, 15) is 9.59 Å². The van der Waals surface area contributed by atoms with E-state index in [0.717, 1.165) is 0 Å². The summed E-state index contributed by atoms with van der Waals surface area (Å²) < 4.78 is 0. The van der Waals surface area contributed by atoms with Crippen LogP contribution in [0.2, 0.25) is 0 Å². The molecule has 0 atom stereocenters. The highest BCUT2D eigenvalue weighted by atomic mass is 16.2. The minimum absolute atomic E-state index is 0.185. The smallest absolute Gasteiger partial charge is 0.250 e. The summed E-state index contributed by atoms with van der Waals surface area (Å²) in [6.07, 6.45) is 9.04. The Balaban J connectivity index is 4.64. The Kier molecular flexibility index (Phi) is 8.45. The molecule has 0 heterocycles. The van der Waals surface area contributed by atoms with E-state index in [4.69, 9.17) is 0 Å². The van der Waals surface area contributed by atoms with Gasteiger partial charge in [-0.05, 0) is 18.2 Å². The van der Waals surface area contributed by atoms with Crippen molar-refractivity contribution in [3.63, 3.8) is 0 Å². The zero-order valence-corrected chi connectivity index (χ0v) is 11.1. The van der Waals surface area contributed by atoms with Crippen molar-refractivity contribution >= 4 is 11.8 Å². The van der Waals surface area contributed by atoms with Crippen molar-refractivity contribution in [1.29, 1.82) is 0 Å². The topological polar surface area (TPSA) is 40.6 Å². The molecule has 0 radical (unpaired) electrons. The van der Waals surface area contributed by atoms with Crippen LogP contribution >= 0.6 is 0 Å². The minimum Gasteiger partial charge on any atom is -0.332 e. The van der Waals surface area contributed by atoms with Gasteiger partial charge in [-0.25, -0.2) is 0 Å². The molecule has 0 spiro atoms. The normalized spacial score (nSPS) is 9.68. The Labute approximate surface area is 114 Å². The molecule has 0 unspecified atom stereocenters. The van der Waals surface area contributed by atoms with Crippen LogP contribution < -0.4 is 0 Å². The fraction of sp³-hybridized carbons (Fsp3) is 0.200. The molecule has 0 aliphatic rings. The first-order chi connectivity index (χ1) is 9.10. The van der Waals surface area contributed by atoms with Gasteiger partial charge in [0.05, 0.1) is 0 Å². The Hall–Kier alpha value is -2.36. The highest BCUT2D eigenvalue weighted by molar-refractivity contribution is 5.88. The summed E-state index contributed by atoms with van der Waals surface area (Å²) in [5, 5.41) is 0. The molecule has 4 nitrogen and oxygen atoms in total. The molecule has 19 heavy (non-hydrogen) atoms. The summed E-state index contributed by atoms with van der Waals surface area (Å²) in [5.74, 6) is -0.406. The molecule has 0 aliphatic heterocycles. The first-order valence-electron chi connectivity index (χ1n) is 5.83. The molecule has 0 saturated heterocycles. The van der Waals surface area contributed by atoms with Crippen LogP contribution in [0.5, 0.6) is 0 Å². The molecule has 102 valence electrons. The van der Waals surface area contributed by atoms with Gasteiger partial charge in [0.25, 0.3) is 0 Å². The minimum atomic E-state index is -0.221. The first kappa shape index (κ1) is 16.6. The van der Waals surface area contributed by atoms with Gasteiger partial charge in [0.15, 0.2) is 0 Å². The van der Waals surface area contributed by atoms with E-state index >= 15 is 0 Å². The third-order valence-electron chi connectivity index (χ3n) is 2.23. The predicted molar refractivity (Wildman–Crippen MR) is 78.2 cm³/mol. The largest absolute Gasteiger partial charge is 0.332 e. The molecule has 4 heteroatoms. The molecule has 0 rings (SSSR count).